The zero-order valence-electron chi connectivity index (χ0n) is 44.6. The van der Waals surface area contributed by atoms with E-state index in [1.165, 1.54) is 122 Å². The summed E-state index contributed by atoms with van der Waals surface area (Å²) in [5, 5.41) is 0. The van der Waals surface area contributed by atoms with E-state index in [0.717, 1.165) is 109 Å². The minimum absolute atomic E-state index is 0.0850. The first-order valence-corrected chi connectivity index (χ1v) is 28.6. The van der Waals surface area contributed by atoms with E-state index >= 15 is 0 Å². The van der Waals surface area contributed by atoms with Crippen LogP contribution in [-0.2, 0) is 28.6 Å². The molecule has 0 N–H and O–H groups in total. The van der Waals surface area contributed by atoms with Crippen LogP contribution in [0, 0.1) is 0 Å². The molecule has 0 fully saturated rings. The lowest BCUT2D eigenvalue weighted by Crippen LogP contribution is -2.30. The highest BCUT2D eigenvalue weighted by Crippen LogP contribution is 2.15. The van der Waals surface area contributed by atoms with Crippen LogP contribution in [0.5, 0.6) is 0 Å². The average molecular weight is 948 g/mol. The van der Waals surface area contributed by atoms with Crippen LogP contribution in [0.1, 0.15) is 271 Å². The van der Waals surface area contributed by atoms with Gasteiger partial charge in [0.15, 0.2) is 6.10 Å². The fraction of sp³-hybridized carbons (Fsp3) is 0.726. The van der Waals surface area contributed by atoms with Crippen molar-refractivity contribution in [2.45, 2.75) is 277 Å². The molecule has 0 aliphatic carbocycles. The maximum absolute atomic E-state index is 12.8. The van der Waals surface area contributed by atoms with Crippen molar-refractivity contribution < 1.29 is 28.6 Å². The standard InChI is InChI=1S/C62H106O6/c1-4-7-10-13-16-19-22-24-26-28-30-31-33-34-36-38-40-43-46-49-52-55-61(64)67-58-59(57-66-60(63)54-51-48-45-42-21-18-15-12-9-6-3)68-62(65)56-53-50-47-44-41-39-37-35-32-29-27-25-23-20-17-14-11-8-5-2/h7,10,12,15-17,19-20,24-27,30-31,59H,4-6,8-9,11,13-14,18,21-23,28-29,32-58H2,1-3H3/b10-7-,15-12-,19-16-,20-17-,26-24-,27-25-,31-30-. The number of carbonyl (C=O) groups is 3. The van der Waals surface area contributed by atoms with Gasteiger partial charge in [-0.05, 0) is 109 Å². The highest BCUT2D eigenvalue weighted by atomic mass is 16.6. The number of carbonyl (C=O) groups excluding carboxylic acids is 3. The van der Waals surface area contributed by atoms with Crippen LogP contribution in [0.2, 0.25) is 0 Å². The molecular weight excluding hydrogens is 841 g/mol. The zero-order valence-corrected chi connectivity index (χ0v) is 44.6. The monoisotopic (exact) mass is 947 g/mol. The largest absolute Gasteiger partial charge is 0.462 e. The lowest BCUT2D eigenvalue weighted by atomic mass is 10.1. The van der Waals surface area contributed by atoms with Crippen molar-refractivity contribution in [1.82, 2.24) is 0 Å². The SMILES string of the molecule is CC/C=C\C/C=C\C/C=C\C/C=C\CCCCCCCCCCC(=O)OCC(COC(=O)CCCCCCC/C=C\CCC)OC(=O)CCCCCCCCCCC/C=C\C/C=C\CCCCC. The molecule has 0 aliphatic heterocycles. The van der Waals surface area contributed by atoms with E-state index in [9.17, 15) is 14.4 Å². The van der Waals surface area contributed by atoms with E-state index in [1.807, 2.05) is 0 Å². The third-order valence-electron chi connectivity index (χ3n) is 12.1. The van der Waals surface area contributed by atoms with Gasteiger partial charge in [-0.3, -0.25) is 14.4 Å². The van der Waals surface area contributed by atoms with Gasteiger partial charge in [0.05, 0.1) is 0 Å². The van der Waals surface area contributed by atoms with Gasteiger partial charge < -0.3 is 14.2 Å². The smallest absolute Gasteiger partial charge is 0.306 e. The molecule has 0 saturated carbocycles. The molecule has 0 aromatic rings. The van der Waals surface area contributed by atoms with Crippen molar-refractivity contribution in [3.63, 3.8) is 0 Å². The molecule has 6 nitrogen and oxygen atoms in total. The number of hydrogen-bond donors (Lipinski definition) is 0. The van der Waals surface area contributed by atoms with Crippen molar-refractivity contribution in [2.75, 3.05) is 13.2 Å². The zero-order chi connectivity index (χ0) is 49.3. The summed E-state index contributed by atoms with van der Waals surface area (Å²) in [5.74, 6) is -0.903. The van der Waals surface area contributed by atoms with E-state index in [1.54, 1.807) is 0 Å². The van der Waals surface area contributed by atoms with Crippen LogP contribution in [0.15, 0.2) is 85.1 Å². The molecule has 0 aromatic carbocycles. The summed E-state index contributed by atoms with van der Waals surface area (Å²) in [4.78, 5) is 38.1. The van der Waals surface area contributed by atoms with E-state index in [4.69, 9.17) is 14.2 Å². The van der Waals surface area contributed by atoms with Crippen LogP contribution in [-0.4, -0.2) is 37.2 Å². The Bertz CT molecular complexity index is 1320. The highest BCUT2D eigenvalue weighted by molar-refractivity contribution is 5.71. The van der Waals surface area contributed by atoms with E-state index in [0.29, 0.717) is 19.3 Å². The maximum atomic E-state index is 12.8. The lowest BCUT2D eigenvalue weighted by Gasteiger charge is -2.18. The van der Waals surface area contributed by atoms with Crippen molar-refractivity contribution in [2.24, 2.45) is 0 Å². The van der Waals surface area contributed by atoms with Crippen molar-refractivity contribution in [3.05, 3.63) is 85.1 Å². The van der Waals surface area contributed by atoms with E-state index < -0.39 is 6.10 Å². The van der Waals surface area contributed by atoms with Gasteiger partial charge in [0.25, 0.3) is 0 Å². The van der Waals surface area contributed by atoms with Crippen LogP contribution in [0.3, 0.4) is 0 Å². The second kappa shape index (κ2) is 56.2. The summed E-state index contributed by atoms with van der Waals surface area (Å²) < 4.78 is 16.8. The molecule has 0 radical (unpaired) electrons. The molecule has 0 bridgehead atoms. The maximum Gasteiger partial charge on any atom is 0.306 e. The molecule has 0 spiro atoms. The number of rotatable bonds is 51. The van der Waals surface area contributed by atoms with Gasteiger partial charge in [-0.2, -0.15) is 0 Å². The molecule has 0 amide bonds. The summed E-state index contributed by atoms with van der Waals surface area (Å²) >= 11 is 0. The molecule has 0 aliphatic rings. The minimum atomic E-state index is -0.785. The first-order valence-electron chi connectivity index (χ1n) is 28.6. The van der Waals surface area contributed by atoms with Gasteiger partial charge in [0, 0.05) is 19.3 Å². The van der Waals surface area contributed by atoms with Crippen molar-refractivity contribution >= 4 is 17.9 Å². The van der Waals surface area contributed by atoms with Gasteiger partial charge in [0.1, 0.15) is 13.2 Å². The molecule has 68 heavy (non-hydrogen) atoms. The Labute approximate surface area is 420 Å². The van der Waals surface area contributed by atoms with Crippen molar-refractivity contribution in [3.8, 4) is 0 Å². The quantitative estimate of drug-likeness (QED) is 0.0262. The van der Waals surface area contributed by atoms with Gasteiger partial charge in [0.2, 0.25) is 0 Å². The molecule has 390 valence electrons. The van der Waals surface area contributed by atoms with Crippen LogP contribution in [0.4, 0.5) is 0 Å². The minimum Gasteiger partial charge on any atom is -0.462 e. The Morgan fingerprint density at radius 1 is 0.309 bits per heavy atom. The predicted octanol–water partition coefficient (Wildman–Crippen LogP) is 19.2. The Morgan fingerprint density at radius 3 is 0.971 bits per heavy atom. The number of hydrogen-bond acceptors (Lipinski definition) is 6. The molecule has 0 saturated heterocycles. The summed E-state index contributed by atoms with van der Waals surface area (Å²) in [7, 11) is 0. The van der Waals surface area contributed by atoms with Crippen molar-refractivity contribution in [1.29, 1.82) is 0 Å². The van der Waals surface area contributed by atoms with Gasteiger partial charge in [-0.25, -0.2) is 0 Å². The van der Waals surface area contributed by atoms with Gasteiger partial charge in [-0.1, -0.05) is 228 Å². The second-order valence-electron chi connectivity index (χ2n) is 18.8. The highest BCUT2D eigenvalue weighted by Gasteiger charge is 2.19. The predicted molar refractivity (Wildman–Crippen MR) is 293 cm³/mol. The first-order chi connectivity index (χ1) is 33.5. The lowest BCUT2D eigenvalue weighted by molar-refractivity contribution is -0.167. The number of unbranched alkanes of at least 4 members (excludes halogenated alkanes) is 26. The third kappa shape index (κ3) is 53.5. The van der Waals surface area contributed by atoms with Gasteiger partial charge >= 0.3 is 17.9 Å². The number of esters is 3. The van der Waals surface area contributed by atoms with E-state index in [-0.39, 0.29) is 31.1 Å². The third-order valence-corrected chi connectivity index (χ3v) is 12.1. The Balaban J connectivity index is 4.32. The fourth-order valence-electron chi connectivity index (χ4n) is 7.82. The molecule has 6 heteroatoms. The summed E-state index contributed by atoms with van der Waals surface area (Å²) in [6, 6.07) is 0. The Kier molecular flexibility index (Phi) is 53.4. The first kappa shape index (κ1) is 64.6. The molecule has 0 rings (SSSR count). The molecule has 1 unspecified atom stereocenters. The second-order valence-corrected chi connectivity index (χ2v) is 18.8. The normalized spacial score (nSPS) is 12.7. The Hall–Kier alpha value is -3.41. The number of allylic oxidation sites excluding steroid dienone is 14. The summed E-state index contributed by atoms with van der Waals surface area (Å²) in [6.45, 7) is 6.43. The molecule has 1 atom stereocenters. The topological polar surface area (TPSA) is 78.9 Å². The van der Waals surface area contributed by atoms with Crippen LogP contribution >= 0.6 is 0 Å². The fourth-order valence-corrected chi connectivity index (χ4v) is 7.82. The van der Waals surface area contributed by atoms with Crippen LogP contribution in [0.25, 0.3) is 0 Å². The molecular formula is C62H106O6. The molecule has 0 aromatic heterocycles. The van der Waals surface area contributed by atoms with Gasteiger partial charge in [-0.15, -0.1) is 0 Å². The Morgan fingerprint density at radius 2 is 0.603 bits per heavy atom. The summed E-state index contributed by atoms with van der Waals surface area (Å²) in [5.41, 5.74) is 0. The van der Waals surface area contributed by atoms with Crippen LogP contribution < -0.4 is 0 Å². The average Bonchev–Trinajstić information content (AvgIpc) is 3.34. The summed E-state index contributed by atoms with van der Waals surface area (Å²) in [6.07, 6.45) is 72.9. The van der Waals surface area contributed by atoms with E-state index in [2.05, 4.69) is 106 Å². The number of ether oxygens (including phenoxy) is 3. The molecule has 0 heterocycles.